The lowest BCUT2D eigenvalue weighted by Crippen LogP contribution is -2.53. The van der Waals surface area contributed by atoms with Crippen molar-refractivity contribution >= 4 is 185 Å². The largest absolute Gasteiger partial charge is 0.481 e. The lowest BCUT2D eigenvalue weighted by Gasteiger charge is -2.38. The van der Waals surface area contributed by atoms with Crippen molar-refractivity contribution in [2.75, 3.05) is 171 Å². The molecule has 13 amide bonds. The highest BCUT2D eigenvalue weighted by Gasteiger charge is 2.47. The van der Waals surface area contributed by atoms with Crippen LogP contribution in [0.3, 0.4) is 0 Å². The van der Waals surface area contributed by atoms with Crippen molar-refractivity contribution in [2.45, 2.75) is 240 Å². The number of hydrogen-bond acceptors (Lipinski definition) is 34. The van der Waals surface area contributed by atoms with E-state index in [1.54, 1.807) is 17.0 Å². The van der Waals surface area contributed by atoms with Crippen molar-refractivity contribution in [3.05, 3.63) is 29.8 Å². The molecule has 12 aliphatic rings. The molecule has 12 aliphatic heterocycles. The third kappa shape index (κ3) is 46.6. The Morgan fingerprint density at radius 2 is 0.807 bits per heavy atom. The van der Waals surface area contributed by atoms with Gasteiger partial charge in [0.1, 0.15) is 26.5 Å². The number of carbonyl (C=O) groups is 14. The van der Waals surface area contributed by atoms with E-state index >= 15 is 0 Å². The van der Waals surface area contributed by atoms with E-state index in [2.05, 4.69) is 113 Å². The number of thioether (sulfide) groups is 5. The first-order chi connectivity index (χ1) is 67.5. The Morgan fingerprint density at radius 1 is 0.457 bits per heavy atom. The van der Waals surface area contributed by atoms with Gasteiger partial charge in [-0.15, -0.1) is 17.9 Å². The SMILES string of the molecule is N=S.O=C(O)CBr.O=C(O)CCCCC1SCC2NC(=O)NC21.O=C(O)CN1CCN(CCOO)CCN(CCOO)CCN(CC(=O)O)C(Cc2ccc(NC(=O)COCCCCCC3SCC4NC(=O)NC43)cc2)C1.O=C(O)COCCCCCC1SCC2NC(=O)NC21.O=C1NC2CSC(CCCCCO)C2N1.O=C1NC2CSC(CCCCCOCC(=O)ON3C(=O)CCC3=O)C2N1.[2H]C#C.[B]. The molecule has 12 fully saturated rings. The van der Waals surface area contributed by atoms with Gasteiger partial charge in [-0.1, -0.05) is 85.9 Å². The number of hydrogen-bond donors (Lipinski definition) is 20. The Hall–Kier alpha value is -7.61. The van der Waals surface area contributed by atoms with E-state index in [-0.39, 0.29) is 170 Å². The second-order valence-electron chi connectivity index (χ2n) is 34.4. The second kappa shape index (κ2) is 70.2. The highest BCUT2D eigenvalue weighted by Crippen LogP contribution is 2.38. The van der Waals surface area contributed by atoms with Crippen LogP contribution in [-0.2, 0) is 90.8 Å². The van der Waals surface area contributed by atoms with Crippen LogP contribution in [0.1, 0.15) is 148 Å². The normalized spacial score (nSPS) is 25.7. The minimum atomic E-state index is -1.00. The number of amides is 13. The maximum Gasteiger partial charge on any atom is 0.358 e. The fourth-order valence-electron chi connectivity index (χ4n) is 17.6. The molecule has 53 heteroatoms. The first-order valence-electron chi connectivity index (χ1n) is 47.4. The molecule has 787 valence electrons. The Balaban J connectivity index is 0.000000333. The summed E-state index contributed by atoms with van der Waals surface area (Å²) in [5, 5.41) is 106. The predicted molar refractivity (Wildman–Crippen MR) is 535 cm³/mol. The van der Waals surface area contributed by atoms with E-state index in [9.17, 15) is 77.3 Å². The highest BCUT2D eigenvalue weighted by atomic mass is 79.9. The molecule has 0 bridgehead atoms. The highest BCUT2D eigenvalue weighted by molar-refractivity contribution is 9.09. The number of anilines is 1. The number of carboxylic acids is 5. The number of hydroxylamine groups is 2. The summed E-state index contributed by atoms with van der Waals surface area (Å²) in [5.74, 6) is -1.58. The summed E-state index contributed by atoms with van der Waals surface area (Å²) in [5.41, 5.74) is 1.48. The van der Waals surface area contributed by atoms with Crippen LogP contribution < -0.4 is 58.5 Å². The van der Waals surface area contributed by atoms with Crippen LogP contribution in [0.2, 0.25) is 0 Å². The van der Waals surface area contributed by atoms with Crippen LogP contribution in [0.25, 0.3) is 0 Å². The number of benzene rings is 1. The van der Waals surface area contributed by atoms with Gasteiger partial charge in [0, 0.05) is 192 Å². The summed E-state index contributed by atoms with van der Waals surface area (Å²) in [6.07, 6.45) is 25.3. The number of nitrogens with one attached hydrogen (secondary N) is 12. The Labute approximate surface area is 854 Å². The molecule has 3 radical (unpaired) electrons. The van der Waals surface area contributed by atoms with Gasteiger partial charge in [-0.25, -0.2) is 48.1 Å². The zero-order valence-electron chi connectivity index (χ0n) is 79.7. The smallest absolute Gasteiger partial charge is 0.358 e. The van der Waals surface area contributed by atoms with E-state index in [1.807, 2.05) is 75.8 Å². The number of carbonyl (C=O) groups excluding carboxylic acids is 9. The summed E-state index contributed by atoms with van der Waals surface area (Å²) >= 11 is 15.6. The van der Waals surface area contributed by atoms with Gasteiger partial charge >= 0.3 is 66.0 Å². The molecule has 16 atom stereocenters. The van der Waals surface area contributed by atoms with Gasteiger partial charge < -0.3 is 108 Å². The molecule has 1 aromatic carbocycles. The number of aliphatic carboxylic acids is 5. The lowest BCUT2D eigenvalue weighted by atomic mass is 10.0. The van der Waals surface area contributed by atoms with Crippen LogP contribution in [0.4, 0.5) is 29.7 Å². The number of rotatable bonds is 49. The fraction of sp³-hybridized carbons (Fsp3) is 0.747. The van der Waals surface area contributed by atoms with Gasteiger partial charge in [-0.3, -0.25) is 63.7 Å². The Kier molecular flexibility index (Phi) is 60.7. The number of ether oxygens (including phenoxy) is 3. The van der Waals surface area contributed by atoms with Gasteiger partial charge in [0.2, 0.25) is 5.91 Å². The molecule has 12 heterocycles. The van der Waals surface area contributed by atoms with Crippen molar-refractivity contribution in [3.63, 3.8) is 0 Å². The van der Waals surface area contributed by atoms with Crippen molar-refractivity contribution in [2.24, 2.45) is 0 Å². The molecule has 0 spiro atoms. The molecule has 0 aliphatic carbocycles. The second-order valence-corrected chi connectivity index (χ2v) is 41.4. The van der Waals surface area contributed by atoms with Crippen LogP contribution in [0.15, 0.2) is 24.3 Å². The number of fused-ring (bicyclic) bond motifs is 5. The van der Waals surface area contributed by atoms with Gasteiger partial charge in [0.15, 0.2) is 0 Å². The maximum atomic E-state index is 12.6. The topological polar surface area (TPSA) is 629 Å². The number of terminal acetylenes is 1. The predicted octanol–water partition coefficient (Wildman–Crippen LogP) is 3.93. The van der Waals surface area contributed by atoms with Crippen LogP contribution in [0.5, 0.6) is 0 Å². The van der Waals surface area contributed by atoms with Crippen LogP contribution in [0, 0.1) is 17.6 Å². The first kappa shape index (κ1) is 121. The third-order valence-corrected chi connectivity index (χ3v) is 32.4. The van der Waals surface area contributed by atoms with Crippen molar-refractivity contribution in [1.82, 2.24) is 77.8 Å². The van der Waals surface area contributed by atoms with Gasteiger partial charge in [0.05, 0.1) is 86.7 Å². The molecule has 0 saturated carbocycles. The quantitative estimate of drug-likeness (QED) is 0.00642. The molecular formula is C87H140BBrN17O28S6. The van der Waals surface area contributed by atoms with Gasteiger partial charge in [-0.05, 0) is 88.3 Å². The number of urea groups is 5. The number of nitrogens with zero attached hydrogens (tertiary/aromatic N) is 5. The monoisotopic (exact) mass is 2150 g/mol. The standard InChI is InChI=1S/C35H57N7O11S.C16H23N3O6S.C12H20N2O4S.C10H16N2O3S.C10H18N2O2S.C2H3BrO2.C2H2.B.HNS/c43-31(24-51-17-3-1-2-4-30-34-29(25-54-30)37-35(48)38-34)36-27-7-5-26(6-8-27)20-28-21-41(22-32(44)45)12-11-39(15-18-52-49)9-10-40(16-19-53-50)13-14-42(28)23-33(46)47;20-12-5-6-13(21)19(12)25-14(22)8-24-7-3-1-2-4-11-15-10(9-26-11)17-16(23)18-15;15-10(16)6-18-5-3-1-2-4-9-11-8(7-19-9)13-12(17)14-11;13-8(14)4-2-1-3-7-9-6(5-16-7)11-10(15)12-9;13-5-3-1-2-4-8-9-7(6-15-8)11-10(14)12-9;3-1-2(4)5;1-2;;1-2/h5-8,28-30,34,49-50H,1-4,9-25H2,(H,36,43)(H,44,45)(H,46,47)(H2,37,38,48);10-11,15H,1-9H2,(H2,17,18,23);8-9,11H,1-7H2,(H,15,16)(H2,13,14,17);6-7,9H,1-5H2,(H,13,14)(H2,11,12,15);7-9,13H,1-6H2,(H2,11,12,14);1H2,(H,4,5);1-2H;;1H/i;;;;;;1D;;. The molecule has 0 aromatic heterocycles. The summed E-state index contributed by atoms with van der Waals surface area (Å²) < 4.78 is 26.9. The zero-order chi connectivity index (χ0) is 102. The lowest BCUT2D eigenvalue weighted by molar-refractivity contribution is -0.245. The fourth-order valence-corrected chi connectivity index (χ4v) is 25.3. The number of unbranched alkanes of at least 4 members (excludes halogenated alkanes) is 9. The molecule has 20 N–H and O–H groups in total. The number of carboxylic acid groups (broad SMARTS) is 5. The zero-order valence-corrected chi connectivity index (χ0v) is 85.1. The van der Waals surface area contributed by atoms with E-state index < -0.39 is 47.6 Å². The van der Waals surface area contributed by atoms with E-state index in [4.69, 9.17) is 56.1 Å². The third-order valence-electron chi connectivity index (χ3n) is 24.3. The average Bonchev–Trinajstić information content (AvgIpc) is 1.66. The molecule has 12 saturated heterocycles. The number of imide groups is 1. The average molecular weight is 2160 g/mol. The summed E-state index contributed by atoms with van der Waals surface area (Å²) in [7, 11) is 0. The number of aliphatic hydroxyl groups is 1. The number of alkyl halides is 1. The van der Waals surface area contributed by atoms with E-state index in [0.717, 1.165) is 156 Å². The molecule has 13 rings (SSSR count). The van der Waals surface area contributed by atoms with Crippen LogP contribution >= 0.6 is 74.7 Å². The van der Waals surface area contributed by atoms with E-state index in [1.165, 1.54) is 6.40 Å². The first-order valence-corrected chi connectivity index (χ1v) is 53.7. The van der Waals surface area contributed by atoms with Crippen molar-refractivity contribution in [3.8, 4) is 12.8 Å². The number of aliphatic hydroxyl groups excluding tert-OH is 1. The minimum absolute atomic E-state index is 0. The summed E-state index contributed by atoms with van der Waals surface area (Å²) in [4.78, 5) is 178. The van der Waals surface area contributed by atoms with Crippen LogP contribution in [-0.4, -0.2) is 416 Å². The molecule has 16 unspecified atom stereocenters. The molecule has 140 heavy (non-hydrogen) atoms. The molecule has 1 aromatic rings. The van der Waals surface area contributed by atoms with Crippen molar-refractivity contribution in [1.29, 1.82) is 4.78 Å². The summed E-state index contributed by atoms with van der Waals surface area (Å²) in [6, 6.07) is 9.34. The molecule has 45 nitrogen and oxygen atoms in total. The summed E-state index contributed by atoms with van der Waals surface area (Å²) in [6.45, 7) is 4.82. The van der Waals surface area contributed by atoms with Gasteiger partial charge in [0.25, 0.3) is 11.8 Å². The maximum absolute atomic E-state index is 12.6. The molecular weight excluding hydrogens is 2010 g/mol. The Morgan fingerprint density at radius 3 is 1.16 bits per heavy atom. The van der Waals surface area contributed by atoms with Crippen molar-refractivity contribution < 1.29 is 138 Å². The minimum Gasteiger partial charge on any atom is -0.481 e. The Bertz CT molecular complexity index is 4030. The van der Waals surface area contributed by atoms with Gasteiger partial charge in [-0.2, -0.15) is 58.8 Å². The van der Waals surface area contributed by atoms with E-state index in [0.29, 0.717) is 140 Å². The number of halogens is 1.